The fraction of sp³-hybridized carbons (Fsp3) is 0.333. The number of nitrogens with zero attached hydrogens (tertiary/aromatic N) is 1. The van der Waals surface area contributed by atoms with Crippen LogP contribution in [0.5, 0.6) is 5.75 Å². The summed E-state index contributed by atoms with van der Waals surface area (Å²) >= 11 is 0. The van der Waals surface area contributed by atoms with Crippen LogP contribution in [0.2, 0.25) is 0 Å². The Morgan fingerprint density at radius 1 is 1.27 bits per heavy atom. The van der Waals surface area contributed by atoms with E-state index in [0.29, 0.717) is 12.5 Å². The average Bonchev–Trinajstić information content (AvgIpc) is 2.53. The predicted octanol–water partition coefficient (Wildman–Crippen LogP) is 3.21. The van der Waals surface area contributed by atoms with Gasteiger partial charge in [0.25, 0.3) is 5.91 Å². The number of benzene rings is 1. The van der Waals surface area contributed by atoms with Crippen LogP contribution in [0.25, 0.3) is 0 Å². The molecule has 1 amide bonds. The Morgan fingerprint density at radius 3 is 2.77 bits per heavy atom. The van der Waals surface area contributed by atoms with Crippen LogP contribution < -0.4 is 10.1 Å². The number of pyridine rings is 1. The Morgan fingerprint density at radius 2 is 2.09 bits per heavy atom. The van der Waals surface area contributed by atoms with E-state index in [9.17, 15) is 4.79 Å². The Hall–Kier alpha value is -2.36. The quantitative estimate of drug-likeness (QED) is 0.891. The van der Waals surface area contributed by atoms with Crippen LogP contribution in [0, 0.1) is 6.92 Å². The molecule has 0 fully saturated rings. The van der Waals surface area contributed by atoms with Crippen molar-refractivity contribution in [3.8, 4) is 5.75 Å². The number of rotatable bonds is 6. The average molecular weight is 298 g/mol. The Bertz CT molecular complexity index is 624. The van der Waals surface area contributed by atoms with Gasteiger partial charge < -0.3 is 10.1 Å². The Balaban J connectivity index is 1.87. The summed E-state index contributed by atoms with van der Waals surface area (Å²) in [6.45, 7) is 6.66. The molecule has 2 rings (SSSR count). The van der Waals surface area contributed by atoms with Crippen LogP contribution >= 0.6 is 0 Å². The van der Waals surface area contributed by atoms with Gasteiger partial charge in [0.05, 0.1) is 12.2 Å². The molecule has 4 heteroatoms. The molecular formula is C18H22N2O2. The predicted molar refractivity (Wildman–Crippen MR) is 86.8 cm³/mol. The number of nitrogens with one attached hydrogen (secondary N) is 1. The Labute approximate surface area is 131 Å². The zero-order valence-corrected chi connectivity index (χ0v) is 13.3. The van der Waals surface area contributed by atoms with Crippen LogP contribution in [0.4, 0.5) is 0 Å². The highest BCUT2D eigenvalue weighted by molar-refractivity contribution is 5.77. The number of amides is 1. The number of hydrogen-bond donors (Lipinski definition) is 1. The van der Waals surface area contributed by atoms with Gasteiger partial charge in [0, 0.05) is 6.20 Å². The molecule has 1 aromatic heterocycles. The fourth-order valence-electron chi connectivity index (χ4n) is 2.02. The molecular weight excluding hydrogens is 276 g/mol. The van der Waals surface area contributed by atoms with Crippen molar-refractivity contribution in [1.29, 1.82) is 0 Å². The second kappa shape index (κ2) is 7.59. The van der Waals surface area contributed by atoms with E-state index < -0.39 is 0 Å². The lowest BCUT2D eigenvalue weighted by molar-refractivity contribution is -0.123. The number of ether oxygens (including phenoxy) is 1. The highest BCUT2D eigenvalue weighted by Gasteiger charge is 2.07. The number of aromatic nitrogens is 1. The van der Waals surface area contributed by atoms with E-state index in [-0.39, 0.29) is 12.5 Å². The molecule has 0 bridgehead atoms. The fourth-order valence-corrected chi connectivity index (χ4v) is 2.02. The highest BCUT2D eigenvalue weighted by Crippen LogP contribution is 2.24. The first-order chi connectivity index (χ1) is 10.6. The molecule has 0 saturated heterocycles. The summed E-state index contributed by atoms with van der Waals surface area (Å²) in [5.41, 5.74) is 3.06. The first kappa shape index (κ1) is 16.0. The third kappa shape index (κ3) is 4.58. The molecule has 1 heterocycles. The highest BCUT2D eigenvalue weighted by atomic mass is 16.5. The van der Waals surface area contributed by atoms with Gasteiger partial charge in [-0.05, 0) is 42.2 Å². The standard InChI is InChI=1S/C18H22N2O2/c1-13(2)15-8-7-14(3)17(10-15)22-12-18(21)20-11-16-6-4-5-9-19-16/h4-10,13H,11-12H2,1-3H3,(H,20,21). The van der Waals surface area contributed by atoms with Crippen molar-refractivity contribution in [2.24, 2.45) is 0 Å². The van der Waals surface area contributed by atoms with Crippen LogP contribution in [-0.2, 0) is 11.3 Å². The van der Waals surface area contributed by atoms with E-state index in [1.165, 1.54) is 5.56 Å². The minimum Gasteiger partial charge on any atom is -0.483 e. The van der Waals surface area contributed by atoms with Gasteiger partial charge in [-0.3, -0.25) is 9.78 Å². The molecule has 0 atom stereocenters. The van der Waals surface area contributed by atoms with Crippen molar-refractivity contribution >= 4 is 5.91 Å². The Kier molecular flexibility index (Phi) is 5.53. The molecule has 0 aliphatic carbocycles. The molecule has 0 saturated carbocycles. The number of hydrogen-bond acceptors (Lipinski definition) is 3. The van der Waals surface area contributed by atoms with Crippen LogP contribution in [0.3, 0.4) is 0 Å². The number of aryl methyl sites for hydroxylation is 1. The maximum atomic E-state index is 11.9. The summed E-state index contributed by atoms with van der Waals surface area (Å²) in [5.74, 6) is 1.04. The van der Waals surface area contributed by atoms with Crippen molar-refractivity contribution < 1.29 is 9.53 Å². The number of carbonyl (C=O) groups is 1. The number of carbonyl (C=O) groups excluding carboxylic acids is 1. The third-order valence-corrected chi connectivity index (χ3v) is 3.43. The monoisotopic (exact) mass is 298 g/mol. The summed E-state index contributed by atoms with van der Waals surface area (Å²) in [7, 11) is 0. The van der Waals surface area contributed by atoms with Crippen LogP contribution in [-0.4, -0.2) is 17.5 Å². The zero-order chi connectivity index (χ0) is 15.9. The molecule has 4 nitrogen and oxygen atoms in total. The van der Waals surface area contributed by atoms with Gasteiger partial charge in [0.15, 0.2) is 6.61 Å². The zero-order valence-electron chi connectivity index (χ0n) is 13.3. The first-order valence-electron chi connectivity index (χ1n) is 7.46. The van der Waals surface area contributed by atoms with E-state index in [1.54, 1.807) is 6.20 Å². The van der Waals surface area contributed by atoms with Crippen molar-refractivity contribution in [3.63, 3.8) is 0 Å². The van der Waals surface area contributed by atoms with Gasteiger partial charge >= 0.3 is 0 Å². The SMILES string of the molecule is Cc1ccc(C(C)C)cc1OCC(=O)NCc1ccccn1. The van der Waals surface area contributed by atoms with Gasteiger partial charge in [0.2, 0.25) is 0 Å². The summed E-state index contributed by atoms with van der Waals surface area (Å²) in [6.07, 6.45) is 1.71. The minimum absolute atomic E-state index is 0.00915. The van der Waals surface area contributed by atoms with Gasteiger partial charge in [0.1, 0.15) is 5.75 Å². The van der Waals surface area contributed by atoms with E-state index in [4.69, 9.17) is 4.74 Å². The summed E-state index contributed by atoms with van der Waals surface area (Å²) < 4.78 is 5.65. The molecule has 116 valence electrons. The van der Waals surface area contributed by atoms with Crippen LogP contribution in [0.1, 0.15) is 36.6 Å². The molecule has 0 radical (unpaired) electrons. The van der Waals surface area contributed by atoms with Crippen molar-refractivity contribution in [1.82, 2.24) is 10.3 Å². The van der Waals surface area contributed by atoms with E-state index in [2.05, 4.69) is 30.2 Å². The topological polar surface area (TPSA) is 51.2 Å². The van der Waals surface area contributed by atoms with Gasteiger partial charge in [-0.2, -0.15) is 0 Å². The molecule has 0 unspecified atom stereocenters. The van der Waals surface area contributed by atoms with Gasteiger partial charge in [-0.1, -0.05) is 32.0 Å². The third-order valence-electron chi connectivity index (χ3n) is 3.43. The van der Waals surface area contributed by atoms with E-state index in [0.717, 1.165) is 17.0 Å². The first-order valence-corrected chi connectivity index (χ1v) is 7.46. The molecule has 1 N–H and O–H groups in total. The van der Waals surface area contributed by atoms with E-state index in [1.807, 2.05) is 37.3 Å². The maximum Gasteiger partial charge on any atom is 0.258 e. The molecule has 0 aliphatic heterocycles. The largest absolute Gasteiger partial charge is 0.483 e. The minimum atomic E-state index is -0.153. The van der Waals surface area contributed by atoms with Gasteiger partial charge in [-0.25, -0.2) is 0 Å². The smallest absolute Gasteiger partial charge is 0.258 e. The van der Waals surface area contributed by atoms with Gasteiger partial charge in [-0.15, -0.1) is 0 Å². The lowest BCUT2D eigenvalue weighted by Gasteiger charge is -2.12. The summed E-state index contributed by atoms with van der Waals surface area (Å²) in [5, 5.41) is 2.80. The van der Waals surface area contributed by atoms with Crippen molar-refractivity contribution in [3.05, 3.63) is 59.4 Å². The van der Waals surface area contributed by atoms with E-state index >= 15 is 0 Å². The van der Waals surface area contributed by atoms with Crippen molar-refractivity contribution in [2.75, 3.05) is 6.61 Å². The second-order valence-electron chi connectivity index (χ2n) is 5.57. The van der Waals surface area contributed by atoms with Crippen molar-refractivity contribution in [2.45, 2.75) is 33.2 Å². The maximum absolute atomic E-state index is 11.9. The normalized spacial score (nSPS) is 10.5. The second-order valence-corrected chi connectivity index (χ2v) is 5.57. The molecule has 0 spiro atoms. The lowest BCUT2D eigenvalue weighted by Crippen LogP contribution is -2.28. The summed E-state index contributed by atoms with van der Waals surface area (Å²) in [4.78, 5) is 16.0. The summed E-state index contributed by atoms with van der Waals surface area (Å²) in [6, 6.07) is 11.7. The lowest BCUT2D eigenvalue weighted by atomic mass is 10.0. The molecule has 22 heavy (non-hydrogen) atoms. The van der Waals surface area contributed by atoms with Crippen LogP contribution in [0.15, 0.2) is 42.6 Å². The molecule has 1 aromatic carbocycles. The molecule has 2 aromatic rings. The molecule has 0 aliphatic rings.